The first kappa shape index (κ1) is 18.2. The summed E-state index contributed by atoms with van der Waals surface area (Å²) in [6.07, 6.45) is -0.0777. The smallest absolute Gasteiger partial charge is 0.266 e. The van der Waals surface area contributed by atoms with Crippen LogP contribution < -0.4 is 9.47 Å². The molecule has 2 atom stereocenters. The third-order valence-electron chi connectivity index (χ3n) is 4.44. The number of halogens is 1. The number of benzene rings is 2. The van der Waals surface area contributed by atoms with Crippen LogP contribution in [-0.2, 0) is 9.53 Å². The number of hydrogen-bond donors (Lipinski definition) is 0. The van der Waals surface area contributed by atoms with Crippen LogP contribution in [0.2, 0.25) is 0 Å². The molecule has 1 amide bonds. The van der Waals surface area contributed by atoms with Gasteiger partial charge in [-0.3, -0.25) is 4.79 Å². The van der Waals surface area contributed by atoms with Crippen molar-refractivity contribution in [1.29, 1.82) is 0 Å². The summed E-state index contributed by atoms with van der Waals surface area (Å²) in [6, 6.07) is 13.2. The average molecular weight is 359 g/mol. The Morgan fingerprint density at radius 1 is 1.04 bits per heavy atom. The van der Waals surface area contributed by atoms with E-state index in [0.29, 0.717) is 25.3 Å². The Kier molecular flexibility index (Phi) is 5.73. The van der Waals surface area contributed by atoms with Crippen LogP contribution in [0.5, 0.6) is 11.5 Å². The molecule has 0 aliphatic carbocycles. The number of ether oxygens (including phenoxy) is 3. The number of amides is 1. The highest BCUT2D eigenvalue weighted by atomic mass is 19.1. The lowest BCUT2D eigenvalue weighted by Crippen LogP contribution is -2.61. The molecule has 1 aliphatic rings. The Morgan fingerprint density at radius 3 is 2.42 bits per heavy atom. The Hall–Kier alpha value is -2.60. The SMILES string of the molecule is COCCCN1C(=O)[C@@H](Oc2ccccc2F)[C@H]1c1ccccc1OC. The number of carbonyl (C=O) groups excluding carboxylic acids is 1. The van der Waals surface area contributed by atoms with E-state index in [0.717, 1.165) is 5.56 Å². The largest absolute Gasteiger partial charge is 0.496 e. The van der Waals surface area contributed by atoms with Crippen molar-refractivity contribution >= 4 is 5.91 Å². The van der Waals surface area contributed by atoms with Crippen LogP contribution in [0.1, 0.15) is 18.0 Å². The maximum absolute atomic E-state index is 14.0. The normalized spacial score (nSPS) is 19.2. The molecule has 6 heteroatoms. The molecular weight excluding hydrogens is 337 g/mol. The van der Waals surface area contributed by atoms with E-state index < -0.39 is 11.9 Å². The van der Waals surface area contributed by atoms with Gasteiger partial charge in [-0.2, -0.15) is 0 Å². The van der Waals surface area contributed by atoms with Gasteiger partial charge in [-0.1, -0.05) is 30.3 Å². The van der Waals surface area contributed by atoms with E-state index in [1.807, 2.05) is 24.3 Å². The molecule has 3 rings (SSSR count). The Labute approximate surface area is 152 Å². The fraction of sp³-hybridized carbons (Fsp3) is 0.350. The molecule has 0 spiro atoms. The van der Waals surface area contributed by atoms with E-state index >= 15 is 0 Å². The number of β-lactam (4-membered cyclic amide) rings is 1. The molecule has 5 nitrogen and oxygen atoms in total. The summed E-state index contributed by atoms with van der Waals surface area (Å²) in [7, 11) is 3.21. The van der Waals surface area contributed by atoms with Crippen LogP contribution in [0.15, 0.2) is 48.5 Å². The van der Waals surface area contributed by atoms with Gasteiger partial charge in [-0.25, -0.2) is 4.39 Å². The first-order valence-corrected chi connectivity index (χ1v) is 8.51. The lowest BCUT2D eigenvalue weighted by Gasteiger charge is -2.47. The standard InChI is InChI=1S/C20H22FNO4/c1-24-13-7-12-22-18(14-8-3-5-10-16(14)25-2)19(20(22)23)26-17-11-6-4-9-15(17)21/h3-6,8-11,18-19H,7,12-13H2,1-2H3/t18-,19+/m1/s1. The highest BCUT2D eigenvalue weighted by molar-refractivity contribution is 5.89. The molecule has 1 heterocycles. The average Bonchev–Trinajstić information content (AvgIpc) is 2.67. The number of para-hydroxylation sites is 2. The molecule has 1 aliphatic heterocycles. The monoisotopic (exact) mass is 359 g/mol. The van der Waals surface area contributed by atoms with Gasteiger partial charge in [0.05, 0.1) is 7.11 Å². The first-order chi connectivity index (χ1) is 12.7. The second kappa shape index (κ2) is 8.19. The van der Waals surface area contributed by atoms with Gasteiger partial charge in [0, 0.05) is 25.8 Å². The number of carbonyl (C=O) groups is 1. The van der Waals surface area contributed by atoms with Gasteiger partial charge in [-0.15, -0.1) is 0 Å². The van der Waals surface area contributed by atoms with E-state index in [9.17, 15) is 9.18 Å². The zero-order valence-corrected chi connectivity index (χ0v) is 14.9. The van der Waals surface area contributed by atoms with Gasteiger partial charge in [0.2, 0.25) is 6.10 Å². The van der Waals surface area contributed by atoms with E-state index in [1.165, 1.54) is 12.1 Å². The van der Waals surface area contributed by atoms with Crippen molar-refractivity contribution in [2.24, 2.45) is 0 Å². The molecule has 0 aromatic heterocycles. The number of hydrogen-bond acceptors (Lipinski definition) is 4. The zero-order valence-electron chi connectivity index (χ0n) is 14.9. The Balaban J connectivity index is 1.87. The van der Waals surface area contributed by atoms with Crippen LogP contribution in [0, 0.1) is 5.82 Å². The van der Waals surface area contributed by atoms with E-state index in [2.05, 4.69) is 0 Å². The summed E-state index contributed by atoms with van der Waals surface area (Å²) >= 11 is 0. The summed E-state index contributed by atoms with van der Waals surface area (Å²) in [5, 5.41) is 0. The molecule has 138 valence electrons. The summed E-state index contributed by atoms with van der Waals surface area (Å²) in [6.45, 7) is 1.09. The minimum atomic E-state index is -0.786. The van der Waals surface area contributed by atoms with Gasteiger partial charge in [-0.05, 0) is 24.6 Å². The summed E-state index contributed by atoms with van der Waals surface area (Å²) in [5.74, 6) is 0.0864. The molecule has 0 unspecified atom stereocenters. The number of rotatable bonds is 8. The number of nitrogens with zero attached hydrogens (tertiary/aromatic N) is 1. The lowest BCUT2D eigenvalue weighted by atomic mass is 9.89. The Bertz CT molecular complexity index is 767. The van der Waals surface area contributed by atoms with Crippen LogP contribution in [0.3, 0.4) is 0 Å². The molecule has 0 radical (unpaired) electrons. The lowest BCUT2D eigenvalue weighted by molar-refractivity contribution is -0.164. The van der Waals surface area contributed by atoms with Crippen molar-refractivity contribution in [2.75, 3.05) is 27.4 Å². The van der Waals surface area contributed by atoms with Crippen molar-refractivity contribution in [3.63, 3.8) is 0 Å². The van der Waals surface area contributed by atoms with Gasteiger partial charge < -0.3 is 19.1 Å². The highest BCUT2D eigenvalue weighted by Crippen LogP contribution is 2.41. The quantitative estimate of drug-likeness (QED) is 0.536. The molecule has 0 N–H and O–H groups in total. The molecule has 1 saturated heterocycles. The molecule has 26 heavy (non-hydrogen) atoms. The Morgan fingerprint density at radius 2 is 1.73 bits per heavy atom. The summed E-state index contributed by atoms with van der Waals surface area (Å²) < 4.78 is 30.2. The van der Waals surface area contributed by atoms with Crippen LogP contribution in [-0.4, -0.2) is 44.3 Å². The van der Waals surface area contributed by atoms with E-state index in [-0.39, 0.29) is 17.7 Å². The number of likely N-dealkylation sites (tertiary alicyclic amines) is 1. The fourth-order valence-electron chi connectivity index (χ4n) is 3.18. The predicted octanol–water partition coefficient (Wildman–Crippen LogP) is 3.20. The minimum Gasteiger partial charge on any atom is -0.496 e. The van der Waals surface area contributed by atoms with Crippen molar-refractivity contribution in [1.82, 2.24) is 4.90 Å². The maximum Gasteiger partial charge on any atom is 0.266 e. The molecule has 2 aromatic carbocycles. The van der Waals surface area contributed by atoms with E-state index in [4.69, 9.17) is 14.2 Å². The van der Waals surface area contributed by atoms with Gasteiger partial charge >= 0.3 is 0 Å². The fourth-order valence-corrected chi connectivity index (χ4v) is 3.18. The number of methoxy groups -OCH3 is 2. The molecule has 1 fully saturated rings. The second-order valence-electron chi connectivity index (χ2n) is 6.03. The third-order valence-corrected chi connectivity index (χ3v) is 4.44. The van der Waals surface area contributed by atoms with Gasteiger partial charge in [0.1, 0.15) is 11.8 Å². The van der Waals surface area contributed by atoms with Crippen molar-refractivity contribution in [3.8, 4) is 11.5 Å². The van der Waals surface area contributed by atoms with Crippen LogP contribution in [0.4, 0.5) is 4.39 Å². The van der Waals surface area contributed by atoms with Crippen molar-refractivity contribution < 1.29 is 23.4 Å². The minimum absolute atomic E-state index is 0.0716. The topological polar surface area (TPSA) is 48.0 Å². The van der Waals surface area contributed by atoms with Crippen molar-refractivity contribution in [2.45, 2.75) is 18.6 Å². The van der Waals surface area contributed by atoms with Crippen LogP contribution >= 0.6 is 0 Å². The summed E-state index contributed by atoms with van der Waals surface area (Å²) in [4.78, 5) is 14.4. The van der Waals surface area contributed by atoms with Gasteiger partial charge in [0.15, 0.2) is 11.6 Å². The van der Waals surface area contributed by atoms with Crippen molar-refractivity contribution in [3.05, 3.63) is 59.9 Å². The summed E-state index contributed by atoms with van der Waals surface area (Å²) in [5.41, 5.74) is 0.841. The first-order valence-electron chi connectivity index (χ1n) is 8.51. The maximum atomic E-state index is 14.0. The predicted molar refractivity (Wildman–Crippen MR) is 94.8 cm³/mol. The molecule has 0 saturated carbocycles. The third kappa shape index (κ3) is 3.51. The van der Waals surface area contributed by atoms with Gasteiger partial charge in [0.25, 0.3) is 5.91 Å². The van der Waals surface area contributed by atoms with Crippen LogP contribution in [0.25, 0.3) is 0 Å². The van der Waals surface area contributed by atoms with E-state index in [1.54, 1.807) is 31.3 Å². The highest BCUT2D eigenvalue weighted by Gasteiger charge is 2.51. The molecular formula is C20H22FNO4. The second-order valence-corrected chi connectivity index (χ2v) is 6.03. The molecule has 2 aromatic rings. The molecule has 0 bridgehead atoms. The zero-order chi connectivity index (χ0) is 18.5.